The zero-order valence-electron chi connectivity index (χ0n) is 7.32. The number of aldehydes is 1. The van der Waals surface area contributed by atoms with E-state index in [1.165, 1.54) is 11.3 Å². The molecule has 0 N–H and O–H groups in total. The fraction of sp³-hybridized carbons (Fsp3) is 0.250. The molecule has 0 fully saturated rings. The van der Waals surface area contributed by atoms with E-state index in [2.05, 4.69) is 4.99 Å². The molecule has 0 spiro atoms. The number of hydrogen-bond acceptors (Lipinski definition) is 3. The third-order valence-electron chi connectivity index (χ3n) is 1.24. The Morgan fingerprint density at radius 1 is 1.62 bits per heavy atom. The zero-order chi connectivity index (χ0) is 9.84. The number of rotatable bonds is 3. The number of carbonyl (C=O) groups excluding carboxylic acids is 1. The number of hydrogen-bond donors (Lipinski definition) is 0. The van der Waals surface area contributed by atoms with Crippen LogP contribution in [0.4, 0.5) is 5.00 Å². The normalized spacial score (nSPS) is 10.7. The van der Waals surface area contributed by atoms with Crippen molar-refractivity contribution in [1.29, 1.82) is 0 Å². The minimum atomic E-state index is 0.535. The Balaban J connectivity index is 2.93. The van der Waals surface area contributed by atoms with E-state index >= 15 is 0 Å². The summed E-state index contributed by atoms with van der Waals surface area (Å²) in [6, 6.07) is 1.61. The molecule has 0 amide bonds. The molecule has 0 radical (unpaired) electrons. The van der Waals surface area contributed by atoms with Gasteiger partial charge < -0.3 is 4.90 Å². The van der Waals surface area contributed by atoms with Crippen LogP contribution in [-0.2, 0) is 0 Å². The zero-order valence-corrected chi connectivity index (χ0v) is 8.89. The van der Waals surface area contributed by atoms with Gasteiger partial charge in [-0.05, 0) is 6.07 Å². The molecule has 0 atom stereocenters. The van der Waals surface area contributed by atoms with Gasteiger partial charge in [0.25, 0.3) is 0 Å². The van der Waals surface area contributed by atoms with Gasteiger partial charge in [0, 0.05) is 14.1 Å². The maximum atomic E-state index is 10.5. The van der Waals surface area contributed by atoms with E-state index in [9.17, 15) is 4.79 Å². The molecule has 0 aromatic carbocycles. The molecule has 1 heterocycles. The van der Waals surface area contributed by atoms with Crippen LogP contribution in [0.5, 0.6) is 0 Å². The fourth-order valence-electron chi connectivity index (χ4n) is 0.718. The van der Waals surface area contributed by atoms with Crippen molar-refractivity contribution >= 4 is 40.6 Å². The van der Waals surface area contributed by atoms with Crippen LogP contribution in [0.2, 0.25) is 4.34 Å². The lowest BCUT2D eigenvalue weighted by atomic mass is 10.3. The smallest absolute Gasteiger partial charge is 0.153 e. The summed E-state index contributed by atoms with van der Waals surface area (Å²) >= 11 is 7.02. The molecule has 70 valence electrons. The van der Waals surface area contributed by atoms with Gasteiger partial charge in [0.2, 0.25) is 0 Å². The first kappa shape index (κ1) is 10.2. The van der Waals surface area contributed by atoms with E-state index in [0.29, 0.717) is 14.9 Å². The molecule has 0 aliphatic rings. The van der Waals surface area contributed by atoms with Crippen molar-refractivity contribution in [2.24, 2.45) is 4.99 Å². The molecular formula is C8H9ClN2OS. The van der Waals surface area contributed by atoms with E-state index in [0.717, 1.165) is 6.29 Å². The third-order valence-corrected chi connectivity index (χ3v) is 2.43. The van der Waals surface area contributed by atoms with Crippen LogP contribution in [0.1, 0.15) is 10.4 Å². The number of carbonyl (C=O) groups is 1. The van der Waals surface area contributed by atoms with Gasteiger partial charge in [0.15, 0.2) is 6.29 Å². The molecule has 1 rings (SSSR count). The summed E-state index contributed by atoms with van der Waals surface area (Å²) < 4.78 is 0.577. The average Bonchev–Trinajstić information content (AvgIpc) is 2.42. The van der Waals surface area contributed by atoms with Crippen LogP contribution in [0.15, 0.2) is 11.1 Å². The topological polar surface area (TPSA) is 32.7 Å². The molecule has 0 aliphatic heterocycles. The standard InChI is InChI=1S/C8H9ClN2OS/c1-11(2)5-10-8-6(4-12)3-7(9)13-8/h3-5H,1-2H3. The van der Waals surface area contributed by atoms with E-state index in [-0.39, 0.29) is 0 Å². The highest BCUT2D eigenvalue weighted by molar-refractivity contribution is 7.20. The highest BCUT2D eigenvalue weighted by atomic mass is 35.5. The highest BCUT2D eigenvalue weighted by Crippen LogP contribution is 2.32. The van der Waals surface area contributed by atoms with Crippen molar-refractivity contribution in [3.8, 4) is 0 Å². The number of halogens is 1. The first-order valence-electron chi connectivity index (χ1n) is 3.58. The Morgan fingerprint density at radius 3 is 2.85 bits per heavy atom. The van der Waals surface area contributed by atoms with Gasteiger partial charge in [-0.15, -0.1) is 11.3 Å². The second-order valence-corrected chi connectivity index (χ2v) is 4.30. The molecule has 1 aromatic rings. The van der Waals surface area contributed by atoms with Crippen molar-refractivity contribution in [2.75, 3.05) is 14.1 Å². The van der Waals surface area contributed by atoms with E-state index < -0.39 is 0 Å². The summed E-state index contributed by atoms with van der Waals surface area (Å²) in [5.74, 6) is 0. The molecule has 13 heavy (non-hydrogen) atoms. The summed E-state index contributed by atoms with van der Waals surface area (Å²) in [5, 5.41) is 0.647. The van der Waals surface area contributed by atoms with Crippen molar-refractivity contribution in [3.63, 3.8) is 0 Å². The van der Waals surface area contributed by atoms with Crippen LogP contribution in [0.3, 0.4) is 0 Å². The van der Waals surface area contributed by atoms with Gasteiger partial charge in [-0.3, -0.25) is 4.79 Å². The number of thiophene rings is 1. The molecule has 0 aliphatic carbocycles. The van der Waals surface area contributed by atoms with Crippen LogP contribution < -0.4 is 0 Å². The van der Waals surface area contributed by atoms with Crippen molar-refractivity contribution in [1.82, 2.24) is 4.90 Å². The summed E-state index contributed by atoms with van der Waals surface area (Å²) in [4.78, 5) is 16.4. The SMILES string of the molecule is CN(C)C=Nc1sc(Cl)cc1C=O. The molecule has 0 saturated carbocycles. The van der Waals surface area contributed by atoms with E-state index in [1.54, 1.807) is 17.3 Å². The Hall–Kier alpha value is -0.870. The molecule has 0 unspecified atom stereocenters. The van der Waals surface area contributed by atoms with Gasteiger partial charge in [0.05, 0.1) is 16.2 Å². The van der Waals surface area contributed by atoms with Crippen LogP contribution >= 0.6 is 22.9 Å². The molecule has 0 bridgehead atoms. The summed E-state index contributed by atoms with van der Waals surface area (Å²) in [6.07, 6.45) is 2.39. The van der Waals surface area contributed by atoms with Gasteiger partial charge in [0.1, 0.15) is 5.00 Å². The maximum absolute atomic E-state index is 10.5. The Kier molecular flexibility index (Phi) is 3.45. The van der Waals surface area contributed by atoms with Gasteiger partial charge in [-0.2, -0.15) is 0 Å². The molecule has 3 nitrogen and oxygen atoms in total. The van der Waals surface area contributed by atoms with Gasteiger partial charge in [-0.1, -0.05) is 11.6 Å². The number of nitrogens with zero attached hydrogens (tertiary/aromatic N) is 2. The third kappa shape index (κ3) is 2.82. The van der Waals surface area contributed by atoms with Crippen molar-refractivity contribution in [3.05, 3.63) is 16.0 Å². The summed E-state index contributed by atoms with van der Waals surface area (Å²) in [7, 11) is 3.72. The fourth-order valence-corrected chi connectivity index (χ4v) is 1.75. The predicted octanol–water partition coefficient (Wildman–Crippen LogP) is 2.44. The second-order valence-electron chi connectivity index (χ2n) is 2.64. The second kappa shape index (κ2) is 4.39. The highest BCUT2D eigenvalue weighted by Gasteiger charge is 2.04. The van der Waals surface area contributed by atoms with Gasteiger partial charge >= 0.3 is 0 Å². The Bertz CT molecular complexity index is 333. The minimum absolute atomic E-state index is 0.535. The average molecular weight is 217 g/mol. The van der Waals surface area contributed by atoms with Crippen LogP contribution in [-0.4, -0.2) is 31.6 Å². The quantitative estimate of drug-likeness (QED) is 0.442. The molecule has 0 saturated heterocycles. The predicted molar refractivity (Wildman–Crippen MR) is 56.6 cm³/mol. The molecular weight excluding hydrogens is 208 g/mol. The van der Waals surface area contributed by atoms with Gasteiger partial charge in [-0.25, -0.2) is 4.99 Å². The Labute approximate surface area is 85.7 Å². The first-order valence-corrected chi connectivity index (χ1v) is 4.78. The lowest BCUT2D eigenvalue weighted by molar-refractivity contribution is 0.112. The monoisotopic (exact) mass is 216 g/mol. The van der Waals surface area contributed by atoms with Crippen molar-refractivity contribution < 1.29 is 4.79 Å². The van der Waals surface area contributed by atoms with Crippen LogP contribution in [0, 0.1) is 0 Å². The Morgan fingerprint density at radius 2 is 2.31 bits per heavy atom. The lowest BCUT2D eigenvalue weighted by Gasteiger charge is -2.00. The number of aliphatic imine (C=N–C) groups is 1. The van der Waals surface area contributed by atoms with E-state index in [4.69, 9.17) is 11.6 Å². The molecule has 1 aromatic heterocycles. The van der Waals surface area contributed by atoms with E-state index in [1.807, 2.05) is 14.1 Å². The lowest BCUT2D eigenvalue weighted by Crippen LogP contribution is -2.06. The van der Waals surface area contributed by atoms with Crippen LogP contribution in [0.25, 0.3) is 0 Å². The maximum Gasteiger partial charge on any atom is 0.153 e. The summed E-state index contributed by atoms with van der Waals surface area (Å²) in [6.45, 7) is 0. The summed E-state index contributed by atoms with van der Waals surface area (Å²) in [5.41, 5.74) is 0.535. The first-order chi connectivity index (χ1) is 6.13. The largest absolute Gasteiger partial charge is 0.369 e. The molecule has 5 heteroatoms. The minimum Gasteiger partial charge on any atom is -0.369 e. The van der Waals surface area contributed by atoms with Crippen molar-refractivity contribution in [2.45, 2.75) is 0 Å².